The van der Waals surface area contributed by atoms with Gasteiger partial charge in [0.25, 0.3) is 0 Å². The Bertz CT molecular complexity index is 210. The summed E-state index contributed by atoms with van der Waals surface area (Å²) in [6, 6.07) is 0. The maximum absolute atomic E-state index is 12.3. The minimum Gasteiger partial charge on any atom is -0.316 e. The molecule has 0 spiro atoms. The number of alkyl halides is 3. The molecule has 16 heavy (non-hydrogen) atoms. The predicted molar refractivity (Wildman–Crippen MR) is 58.4 cm³/mol. The molecule has 0 aromatic rings. The summed E-state index contributed by atoms with van der Waals surface area (Å²) in [4.78, 5) is 1.49. The molecular weight excluding hydrogens is 217 g/mol. The van der Waals surface area contributed by atoms with Crippen molar-refractivity contribution in [3.63, 3.8) is 0 Å². The highest BCUT2D eigenvalue weighted by Crippen LogP contribution is 2.28. The van der Waals surface area contributed by atoms with Gasteiger partial charge in [-0.2, -0.15) is 13.2 Å². The Balaban J connectivity index is 2.48. The molecule has 0 radical (unpaired) electrons. The van der Waals surface area contributed by atoms with Gasteiger partial charge in [0.2, 0.25) is 0 Å². The summed E-state index contributed by atoms with van der Waals surface area (Å²) in [7, 11) is 0. The summed E-state index contributed by atoms with van der Waals surface area (Å²) in [6.45, 7) is 5.84. The number of nitrogens with zero attached hydrogens (tertiary/aromatic N) is 1. The SMILES string of the molecule is CCN(CC(F)(F)F)CC1(C)CCCNC1. The van der Waals surface area contributed by atoms with Crippen LogP contribution in [0, 0.1) is 5.41 Å². The van der Waals surface area contributed by atoms with Gasteiger partial charge < -0.3 is 5.32 Å². The fourth-order valence-corrected chi connectivity index (χ4v) is 2.33. The standard InChI is InChI=1S/C11H21F3N2/c1-3-16(9-11(12,13)14)8-10(2)5-4-6-15-7-10/h15H,3-9H2,1-2H3. The Labute approximate surface area is 95.2 Å². The lowest BCUT2D eigenvalue weighted by Crippen LogP contribution is -2.47. The van der Waals surface area contributed by atoms with E-state index in [-0.39, 0.29) is 5.41 Å². The Kier molecular flexibility index (Phi) is 4.62. The van der Waals surface area contributed by atoms with Gasteiger partial charge in [-0.15, -0.1) is 0 Å². The predicted octanol–water partition coefficient (Wildman–Crippen LogP) is 2.26. The summed E-state index contributed by atoms with van der Waals surface area (Å²) in [6.07, 6.45) is -2.02. The lowest BCUT2D eigenvalue weighted by molar-refractivity contribution is -0.148. The number of nitrogens with one attached hydrogen (secondary N) is 1. The second kappa shape index (κ2) is 5.36. The van der Waals surface area contributed by atoms with Crippen molar-refractivity contribution >= 4 is 0 Å². The van der Waals surface area contributed by atoms with Gasteiger partial charge in [0.1, 0.15) is 0 Å². The number of hydrogen-bond acceptors (Lipinski definition) is 2. The molecule has 1 rings (SSSR count). The third kappa shape index (κ3) is 4.70. The Hall–Kier alpha value is -0.290. The summed E-state index contributed by atoms with van der Waals surface area (Å²) in [5, 5.41) is 3.26. The van der Waals surface area contributed by atoms with Crippen LogP contribution < -0.4 is 5.32 Å². The molecule has 0 saturated carbocycles. The summed E-state index contributed by atoms with van der Waals surface area (Å²) >= 11 is 0. The van der Waals surface area contributed by atoms with E-state index in [0.29, 0.717) is 13.1 Å². The zero-order valence-electron chi connectivity index (χ0n) is 10.0. The van der Waals surface area contributed by atoms with Gasteiger partial charge in [-0.3, -0.25) is 4.90 Å². The molecule has 1 aliphatic heterocycles. The Morgan fingerprint density at radius 2 is 2.06 bits per heavy atom. The normalized spacial score (nSPS) is 27.4. The summed E-state index contributed by atoms with van der Waals surface area (Å²) in [5.74, 6) is 0. The Morgan fingerprint density at radius 3 is 2.50 bits per heavy atom. The number of halogens is 3. The van der Waals surface area contributed by atoms with E-state index in [1.165, 1.54) is 4.90 Å². The van der Waals surface area contributed by atoms with Crippen LogP contribution in [0.5, 0.6) is 0 Å². The molecule has 0 aromatic heterocycles. The van der Waals surface area contributed by atoms with E-state index in [4.69, 9.17) is 0 Å². The van der Waals surface area contributed by atoms with Crippen LogP contribution in [0.15, 0.2) is 0 Å². The van der Waals surface area contributed by atoms with Crippen molar-refractivity contribution in [2.75, 3.05) is 32.7 Å². The van der Waals surface area contributed by atoms with Crippen molar-refractivity contribution in [3.8, 4) is 0 Å². The topological polar surface area (TPSA) is 15.3 Å². The van der Waals surface area contributed by atoms with Crippen molar-refractivity contribution in [2.24, 2.45) is 5.41 Å². The molecular formula is C11H21F3N2. The van der Waals surface area contributed by atoms with Crippen LogP contribution in [0.4, 0.5) is 13.2 Å². The van der Waals surface area contributed by atoms with E-state index in [1.54, 1.807) is 6.92 Å². The fraction of sp³-hybridized carbons (Fsp3) is 1.00. The zero-order chi connectivity index (χ0) is 12.2. The van der Waals surface area contributed by atoms with Crippen molar-refractivity contribution < 1.29 is 13.2 Å². The van der Waals surface area contributed by atoms with E-state index in [2.05, 4.69) is 12.2 Å². The monoisotopic (exact) mass is 238 g/mol. The highest BCUT2D eigenvalue weighted by Gasteiger charge is 2.34. The number of rotatable bonds is 4. The summed E-state index contributed by atoms with van der Waals surface area (Å²) < 4.78 is 36.9. The third-order valence-electron chi connectivity index (χ3n) is 3.14. The molecule has 0 aromatic carbocycles. The summed E-state index contributed by atoms with van der Waals surface area (Å²) in [5.41, 5.74) is -0.0144. The first-order valence-electron chi connectivity index (χ1n) is 5.84. The van der Waals surface area contributed by atoms with Gasteiger partial charge in [0.15, 0.2) is 0 Å². The van der Waals surface area contributed by atoms with Crippen LogP contribution in [0.1, 0.15) is 26.7 Å². The molecule has 1 fully saturated rings. The van der Waals surface area contributed by atoms with Crippen molar-refractivity contribution in [1.82, 2.24) is 10.2 Å². The van der Waals surface area contributed by atoms with Crippen LogP contribution >= 0.6 is 0 Å². The van der Waals surface area contributed by atoms with Crippen molar-refractivity contribution in [1.29, 1.82) is 0 Å². The molecule has 5 heteroatoms. The van der Waals surface area contributed by atoms with Crippen LogP contribution in [-0.2, 0) is 0 Å². The molecule has 2 nitrogen and oxygen atoms in total. The lowest BCUT2D eigenvalue weighted by atomic mass is 9.82. The quantitative estimate of drug-likeness (QED) is 0.808. The lowest BCUT2D eigenvalue weighted by Gasteiger charge is -2.38. The molecule has 0 bridgehead atoms. The third-order valence-corrected chi connectivity index (χ3v) is 3.14. The smallest absolute Gasteiger partial charge is 0.316 e. The van der Waals surface area contributed by atoms with Crippen molar-refractivity contribution in [2.45, 2.75) is 32.9 Å². The van der Waals surface area contributed by atoms with E-state index in [0.717, 1.165) is 25.9 Å². The molecule has 1 aliphatic rings. The Morgan fingerprint density at radius 1 is 1.38 bits per heavy atom. The zero-order valence-corrected chi connectivity index (χ0v) is 10.0. The van der Waals surface area contributed by atoms with E-state index >= 15 is 0 Å². The minimum atomic E-state index is -4.09. The molecule has 0 aliphatic carbocycles. The van der Waals surface area contributed by atoms with Crippen LogP contribution in [0.3, 0.4) is 0 Å². The first-order chi connectivity index (χ1) is 7.35. The maximum atomic E-state index is 12.3. The highest BCUT2D eigenvalue weighted by atomic mass is 19.4. The van der Waals surface area contributed by atoms with Crippen LogP contribution in [-0.4, -0.2) is 43.8 Å². The average molecular weight is 238 g/mol. The van der Waals surface area contributed by atoms with Crippen molar-refractivity contribution in [3.05, 3.63) is 0 Å². The highest BCUT2D eigenvalue weighted by molar-refractivity contribution is 4.84. The largest absolute Gasteiger partial charge is 0.401 e. The van der Waals surface area contributed by atoms with Crippen LogP contribution in [0.25, 0.3) is 0 Å². The van der Waals surface area contributed by atoms with E-state index in [1.807, 2.05) is 0 Å². The number of hydrogen-bond donors (Lipinski definition) is 1. The van der Waals surface area contributed by atoms with Gasteiger partial charge >= 0.3 is 6.18 Å². The molecule has 1 unspecified atom stereocenters. The fourth-order valence-electron chi connectivity index (χ4n) is 2.33. The van der Waals surface area contributed by atoms with Gasteiger partial charge in [0.05, 0.1) is 6.54 Å². The molecule has 1 N–H and O–H groups in total. The van der Waals surface area contributed by atoms with Gasteiger partial charge in [-0.05, 0) is 31.3 Å². The second-order valence-corrected chi connectivity index (χ2v) is 5.01. The van der Waals surface area contributed by atoms with Gasteiger partial charge in [0, 0.05) is 13.1 Å². The van der Waals surface area contributed by atoms with Crippen LogP contribution in [0.2, 0.25) is 0 Å². The van der Waals surface area contributed by atoms with E-state index in [9.17, 15) is 13.2 Å². The van der Waals surface area contributed by atoms with Gasteiger partial charge in [-0.25, -0.2) is 0 Å². The second-order valence-electron chi connectivity index (χ2n) is 5.01. The minimum absolute atomic E-state index is 0.0144. The molecule has 1 heterocycles. The van der Waals surface area contributed by atoms with E-state index < -0.39 is 12.7 Å². The maximum Gasteiger partial charge on any atom is 0.401 e. The van der Waals surface area contributed by atoms with Gasteiger partial charge in [-0.1, -0.05) is 13.8 Å². The first-order valence-corrected chi connectivity index (χ1v) is 5.84. The molecule has 0 amide bonds. The molecule has 1 atom stereocenters. The number of piperidine rings is 1. The molecule has 1 saturated heterocycles. The first kappa shape index (κ1) is 13.8. The average Bonchev–Trinajstić information content (AvgIpc) is 2.15. The molecule has 96 valence electrons.